The average Bonchev–Trinajstić information content (AvgIpc) is 1.60. The van der Waals surface area contributed by atoms with E-state index in [-0.39, 0.29) is 157 Å². The van der Waals surface area contributed by atoms with E-state index in [0.717, 1.165) is 56.7 Å². The molecule has 556 valence electrons. The Bertz CT molecular complexity index is 4650. The number of esters is 2. The Balaban J connectivity index is 0.919. The summed E-state index contributed by atoms with van der Waals surface area (Å²) >= 11 is 4.70. The average molecular weight is 1540 g/mol. The zero-order valence-corrected chi connectivity index (χ0v) is 61.0. The number of hydrogen-bond donors (Lipinski definition) is 9. The van der Waals surface area contributed by atoms with Gasteiger partial charge in [-0.3, -0.25) is 28.9 Å². The molecule has 2 saturated heterocycles. The van der Waals surface area contributed by atoms with Gasteiger partial charge in [0.05, 0.1) is 96.1 Å². The Morgan fingerprint density at radius 3 is 2.24 bits per heavy atom. The molecule has 39 heteroatoms. The highest BCUT2D eigenvalue weighted by atomic mass is 32.1. The van der Waals surface area contributed by atoms with Gasteiger partial charge in [-0.25, -0.2) is 39.5 Å². The predicted molar refractivity (Wildman–Crippen MR) is 374 cm³/mol. The zero-order valence-electron chi connectivity index (χ0n) is 56.9. The van der Waals surface area contributed by atoms with Crippen molar-refractivity contribution in [3.05, 3.63) is 112 Å². The molecule has 0 saturated carbocycles. The Hall–Kier alpha value is -8.91. The van der Waals surface area contributed by atoms with Crippen LogP contribution >= 0.6 is 56.7 Å². The fraction of sp³-hybridized carbons (Fsp3) is 0.439. The number of aromatic nitrogens is 7. The van der Waals surface area contributed by atoms with E-state index in [1.807, 2.05) is 25.8 Å². The number of allylic oxidation sites excluding steroid dienone is 1. The van der Waals surface area contributed by atoms with Gasteiger partial charge in [-0.05, 0) is 52.4 Å². The number of ether oxygens (including phenoxy) is 10. The minimum atomic E-state index is -1.84. The molecule has 13 rings (SSSR count). The van der Waals surface area contributed by atoms with Gasteiger partial charge in [0.15, 0.2) is 18.1 Å². The normalized spacial score (nSPS) is 24.0. The molecular weight excluding hydrogens is 1470 g/mol. The van der Waals surface area contributed by atoms with Gasteiger partial charge in [0.1, 0.15) is 120 Å². The molecular formula is C66H71N13O21S5. The SMILES string of the molecule is CO/C(C)=C1/NC(=O)C(C(C)O)NC(=O)c2csc(n2)-c2cc(O)c(-c3nc(C(=O)NCCOCCOCCOCCO)cs3)nc2-c2csc(n2)C2COC(=O)c3c4c5c(cccc5n3O)COC(=O)C(OC3CC5(C)OCN(C)C5C(C)O3)C(OC4)C(NC(=O)c3csc1n3)c1nc(cs1)C(=O)N2. The van der Waals surface area contributed by atoms with Crippen LogP contribution in [0.25, 0.3) is 49.3 Å². The second-order valence-electron chi connectivity index (χ2n) is 24.9. The molecule has 34 nitrogen and oxygen atoms in total. The lowest BCUT2D eigenvalue weighted by Crippen LogP contribution is -2.58. The summed E-state index contributed by atoms with van der Waals surface area (Å²) in [6.45, 7) is 6.59. The summed E-state index contributed by atoms with van der Waals surface area (Å²) in [4.78, 5) is 133. The Labute approximate surface area is 616 Å². The van der Waals surface area contributed by atoms with Crippen LogP contribution in [0.1, 0.15) is 125 Å². The van der Waals surface area contributed by atoms with E-state index in [0.29, 0.717) is 23.5 Å². The zero-order chi connectivity index (χ0) is 74.0. The van der Waals surface area contributed by atoms with Crippen molar-refractivity contribution in [2.45, 2.75) is 108 Å². The minimum absolute atomic E-state index is 0.00499. The van der Waals surface area contributed by atoms with Crippen LogP contribution in [0.2, 0.25) is 0 Å². The largest absolute Gasteiger partial charge is 0.506 e. The molecule has 7 aromatic heterocycles. The molecule has 5 aliphatic rings. The van der Waals surface area contributed by atoms with Crippen LogP contribution in [0.4, 0.5) is 0 Å². The number of amides is 5. The van der Waals surface area contributed by atoms with Crippen LogP contribution in [-0.4, -0.2) is 230 Å². The summed E-state index contributed by atoms with van der Waals surface area (Å²) in [7, 11) is 3.21. The Kier molecular flexibility index (Phi) is 22.7. The maximum absolute atomic E-state index is 15.2. The number of nitrogens with zero attached hydrogens (tertiary/aromatic N) is 8. The smallest absolute Gasteiger partial charge is 0.358 e. The summed E-state index contributed by atoms with van der Waals surface area (Å²) in [6, 6.07) is 1.21. The Morgan fingerprint density at radius 2 is 1.48 bits per heavy atom. The van der Waals surface area contributed by atoms with Crippen LogP contribution in [0, 0.1) is 0 Å². The Morgan fingerprint density at radius 1 is 0.800 bits per heavy atom. The van der Waals surface area contributed by atoms with Crippen molar-refractivity contribution in [3.63, 3.8) is 0 Å². The van der Waals surface area contributed by atoms with E-state index in [2.05, 4.69) is 41.5 Å². The number of cyclic esters (lactones) is 2. The predicted octanol–water partition coefficient (Wildman–Crippen LogP) is 4.30. The summed E-state index contributed by atoms with van der Waals surface area (Å²) < 4.78 is 61.2. The third-order valence-electron chi connectivity index (χ3n) is 17.8. The number of rotatable bonds is 17. The summed E-state index contributed by atoms with van der Waals surface area (Å²) in [5.74, 6) is -6.69. The molecule has 12 bridgehead atoms. The third-order valence-corrected chi connectivity index (χ3v) is 22.2. The summed E-state index contributed by atoms with van der Waals surface area (Å²) in [6.07, 6.45) is -6.74. The van der Waals surface area contributed by atoms with Crippen LogP contribution in [0.5, 0.6) is 5.75 Å². The molecule has 10 unspecified atom stereocenters. The van der Waals surface area contributed by atoms with Crippen LogP contribution in [-0.2, 0) is 70.2 Å². The number of aromatic hydroxyl groups is 1. The second kappa shape index (κ2) is 32.0. The molecule has 10 atom stereocenters. The maximum atomic E-state index is 15.2. The lowest BCUT2D eigenvalue weighted by atomic mass is 9.86. The van der Waals surface area contributed by atoms with Gasteiger partial charge in [0, 0.05) is 56.4 Å². The number of benzene rings is 1. The molecule has 8 aromatic rings. The molecule has 9 N–H and O–H groups in total. The first-order valence-electron chi connectivity index (χ1n) is 32.9. The van der Waals surface area contributed by atoms with Gasteiger partial charge in [0.2, 0.25) is 5.91 Å². The highest BCUT2D eigenvalue weighted by molar-refractivity contribution is 7.14. The monoisotopic (exact) mass is 1540 g/mol. The number of fused-ring (bicyclic) bond motifs is 16. The molecule has 5 aliphatic heterocycles. The summed E-state index contributed by atoms with van der Waals surface area (Å²) in [5, 5.41) is 65.7. The van der Waals surface area contributed by atoms with Crippen molar-refractivity contribution in [1.82, 2.24) is 66.1 Å². The van der Waals surface area contributed by atoms with Gasteiger partial charge in [-0.1, -0.05) is 12.1 Å². The molecule has 5 amide bonds. The molecule has 1 aromatic carbocycles. The number of likely N-dealkylation sites (N-methyl/N-ethyl adjacent to an activating group) is 1. The van der Waals surface area contributed by atoms with Gasteiger partial charge in [-0.15, -0.1) is 56.7 Å². The fourth-order valence-electron chi connectivity index (χ4n) is 12.7. The molecule has 0 aliphatic carbocycles. The molecule has 2 fully saturated rings. The quantitative estimate of drug-likeness (QED) is 0.0265. The van der Waals surface area contributed by atoms with E-state index < -0.39 is 127 Å². The standard InChI is InChI=1S/C66H71N13O21S5/c1-29(81)45-58(87)76-46(30(2)91-6)61-72-40(27-103-61)57(86)77-49-51-52(100-43-19-66(4)53(31(3)99-43)78(5)28-98-66)65(89)96-20-32-8-7-9-41-44(32)34(21-95-51)50(79(41)90)64(88)97-22-35(68-55(84)38-26-105-63(49)73-38)60-69-36(23-102-60)47-33(59-70-39(25-101-59)56(85)75-45)18-42(82)48(74-47)62-71-37(24-104-62)54(83)67-10-12-92-14-16-94-17-15-93-13-11-80/h7-9,18,23-27,29,31,35,43,45,49,51-53,80-82,90H,10-17,19-22,28H2,1-6H3,(H,67,83)(H,68,84)(H,75,85)(H,76,87)(H,77,86)/b46-30+. The van der Waals surface area contributed by atoms with Crippen molar-refractivity contribution in [2.24, 2.45) is 0 Å². The second-order valence-corrected chi connectivity index (χ2v) is 29.2. The van der Waals surface area contributed by atoms with E-state index in [1.54, 1.807) is 17.5 Å². The topological polar surface area (TPSA) is 438 Å². The number of thiazole rings is 5. The first-order valence-corrected chi connectivity index (χ1v) is 37.3. The van der Waals surface area contributed by atoms with Gasteiger partial charge >= 0.3 is 11.9 Å². The molecule has 0 spiro atoms. The highest BCUT2D eigenvalue weighted by Crippen LogP contribution is 2.44. The van der Waals surface area contributed by atoms with Crippen molar-refractivity contribution >= 4 is 115 Å². The van der Waals surface area contributed by atoms with Crippen molar-refractivity contribution in [3.8, 4) is 38.4 Å². The lowest BCUT2D eigenvalue weighted by Gasteiger charge is -2.45. The van der Waals surface area contributed by atoms with Gasteiger partial charge < -0.3 is 94.5 Å². The van der Waals surface area contributed by atoms with Crippen molar-refractivity contribution in [2.75, 3.05) is 80.3 Å². The third kappa shape index (κ3) is 15.7. The number of aliphatic hydroxyl groups excluding tert-OH is 2. The molecule has 12 heterocycles. The molecule has 105 heavy (non-hydrogen) atoms. The minimum Gasteiger partial charge on any atom is -0.506 e. The van der Waals surface area contributed by atoms with E-state index >= 15 is 19.2 Å². The lowest BCUT2D eigenvalue weighted by molar-refractivity contribution is -0.268. The number of carbonyl (C=O) groups is 7. The number of carbonyl (C=O) groups excluding carboxylic acids is 7. The summed E-state index contributed by atoms with van der Waals surface area (Å²) in [5.41, 5.74) is -1.56. The van der Waals surface area contributed by atoms with E-state index in [9.17, 15) is 29.8 Å². The van der Waals surface area contributed by atoms with Crippen LogP contribution < -0.4 is 26.6 Å². The van der Waals surface area contributed by atoms with Crippen LogP contribution in [0.3, 0.4) is 0 Å². The number of pyridine rings is 1. The highest BCUT2D eigenvalue weighted by Gasteiger charge is 2.54. The maximum Gasteiger partial charge on any atom is 0.358 e. The van der Waals surface area contributed by atoms with E-state index in [1.165, 1.54) is 54.6 Å². The van der Waals surface area contributed by atoms with E-state index in [4.69, 9.17) is 67.4 Å². The number of methoxy groups -OCH3 is 1. The van der Waals surface area contributed by atoms with Gasteiger partial charge in [0.25, 0.3) is 23.6 Å². The fourth-order valence-corrected chi connectivity index (χ4v) is 16.9. The molecule has 0 radical (unpaired) electrons. The first-order chi connectivity index (χ1) is 50.6. The number of nitrogens with one attached hydrogen (secondary N) is 5. The van der Waals surface area contributed by atoms with Gasteiger partial charge in [-0.2, -0.15) is 4.73 Å². The van der Waals surface area contributed by atoms with Crippen molar-refractivity contribution in [1.29, 1.82) is 0 Å². The first kappa shape index (κ1) is 74.4. The van der Waals surface area contributed by atoms with Crippen LogP contribution in [0.15, 0.2) is 56.9 Å². The van der Waals surface area contributed by atoms with Crippen molar-refractivity contribution < 1.29 is 101 Å². The number of aliphatic hydroxyl groups is 2. The number of hydrogen-bond acceptors (Lipinski definition) is 33.